The summed E-state index contributed by atoms with van der Waals surface area (Å²) in [6.45, 7) is 18.7. The monoisotopic (exact) mass is 300 g/mol. The highest BCUT2D eigenvalue weighted by Gasteiger charge is 2.27. The zero-order valence-electron chi connectivity index (χ0n) is 15.2. The maximum Gasteiger partial charge on any atom is 0.106 e. The average molecular weight is 301 g/mol. The molecular weight excluding hydrogens is 263 g/mol. The molecule has 1 rings (SSSR count). The van der Waals surface area contributed by atoms with E-state index >= 15 is 0 Å². The molecule has 2 nitrogen and oxygen atoms in total. The molecule has 0 aromatic heterocycles. The molecule has 1 heterocycles. The molecule has 126 valence electrons. The molecule has 0 aliphatic carbocycles. The van der Waals surface area contributed by atoms with Crippen molar-refractivity contribution in [3.8, 4) is 0 Å². The summed E-state index contributed by atoms with van der Waals surface area (Å²) < 4.78 is 13.4. The van der Waals surface area contributed by atoms with Gasteiger partial charge in [-0.2, -0.15) is 0 Å². The summed E-state index contributed by atoms with van der Waals surface area (Å²) in [5.74, 6) is 0. The van der Waals surface area contributed by atoms with Gasteiger partial charge in [0.15, 0.2) is 0 Å². The first-order valence-electron chi connectivity index (χ1n) is 8.63. The van der Waals surface area contributed by atoms with Crippen LogP contribution in [-0.4, -0.2) is 55.2 Å². The van der Waals surface area contributed by atoms with Gasteiger partial charge in [0.1, 0.15) is 6.67 Å². The molecule has 0 aromatic rings. The summed E-state index contributed by atoms with van der Waals surface area (Å²) >= 11 is 0. The fraction of sp³-hybridized carbons (Fsp3) is 1.00. The second-order valence-corrected chi connectivity index (χ2v) is 9.12. The number of alkyl halides is 1. The number of nitrogens with zero attached hydrogens (tertiary/aromatic N) is 2. The third-order valence-corrected chi connectivity index (χ3v) is 4.42. The van der Waals surface area contributed by atoms with Crippen LogP contribution in [-0.2, 0) is 0 Å². The first-order chi connectivity index (χ1) is 9.61. The highest BCUT2D eigenvalue weighted by atomic mass is 19.1. The summed E-state index contributed by atoms with van der Waals surface area (Å²) in [4.78, 5) is 4.83. The normalized spacial score (nSPS) is 22.7. The Morgan fingerprint density at radius 1 is 0.905 bits per heavy atom. The molecule has 1 fully saturated rings. The highest BCUT2D eigenvalue weighted by Crippen LogP contribution is 2.23. The van der Waals surface area contributed by atoms with Crippen molar-refractivity contribution in [2.75, 3.05) is 39.4 Å². The fourth-order valence-corrected chi connectivity index (χ4v) is 2.91. The van der Waals surface area contributed by atoms with E-state index in [1.54, 1.807) is 0 Å². The van der Waals surface area contributed by atoms with Crippen LogP contribution >= 0.6 is 0 Å². The molecule has 1 aliphatic rings. The minimum absolute atomic E-state index is 0.110. The van der Waals surface area contributed by atoms with Gasteiger partial charge in [0, 0.05) is 19.6 Å². The van der Waals surface area contributed by atoms with Crippen LogP contribution in [0.2, 0.25) is 0 Å². The number of hydrogen-bond donors (Lipinski definition) is 0. The summed E-state index contributed by atoms with van der Waals surface area (Å²) in [7, 11) is 0. The van der Waals surface area contributed by atoms with Gasteiger partial charge in [-0.3, -0.25) is 4.90 Å². The lowest BCUT2D eigenvalue weighted by atomic mass is 9.90. The molecular formula is C18H37FN2. The van der Waals surface area contributed by atoms with Gasteiger partial charge in [-0.05, 0) is 43.2 Å². The van der Waals surface area contributed by atoms with E-state index in [1.807, 2.05) is 0 Å². The van der Waals surface area contributed by atoms with Crippen molar-refractivity contribution in [3.63, 3.8) is 0 Å². The van der Waals surface area contributed by atoms with Gasteiger partial charge in [-0.15, -0.1) is 0 Å². The lowest BCUT2D eigenvalue weighted by Gasteiger charge is -2.41. The number of rotatable bonds is 6. The van der Waals surface area contributed by atoms with Crippen molar-refractivity contribution in [1.29, 1.82) is 0 Å². The number of halogens is 1. The Balaban J connectivity index is 2.35. The van der Waals surface area contributed by atoms with Crippen LogP contribution in [0.3, 0.4) is 0 Å². The molecule has 1 atom stereocenters. The quantitative estimate of drug-likeness (QED) is 0.725. The van der Waals surface area contributed by atoms with E-state index in [0.717, 1.165) is 32.7 Å². The standard InChI is InChI=1S/C18H37FN2/c1-17(2,3)8-7-10-21-13-12-20(15-16(21)14-19)11-9-18(4,5)6/h16H,7-15H2,1-6H3. The zero-order valence-corrected chi connectivity index (χ0v) is 15.2. The van der Waals surface area contributed by atoms with Gasteiger partial charge in [-0.1, -0.05) is 41.5 Å². The Hall–Kier alpha value is -0.150. The maximum atomic E-state index is 13.4. The first-order valence-corrected chi connectivity index (χ1v) is 8.63. The van der Waals surface area contributed by atoms with E-state index in [1.165, 1.54) is 19.3 Å². The lowest BCUT2D eigenvalue weighted by Crippen LogP contribution is -2.54. The molecule has 0 saturated carbocycles. The maximum absolute atomic E-state index is 13.4. The summed E-state index contributed by atoms with van der Waals surface area (Å²) in [6, 6.07) is 0.110. The third-order valence-electron chi connectivity index (χ3n) is 4.42. The molecule has 1 aliphatic heterocycles. The van der Waals surface area contributed by atoms with Gasteiger partial charge >= 0.3 is 0 Å². The van der Waals surface area contributed by atoms with E-state index < -0.39 is 0 Å². The smallest absolute Gasteiger partial charge is 0.106 e. The van der Waals surface area contributed by atoms with Gasteiger partial charge in [0.25, 0.3) is 0 Å². The van der Waals surface area contributed by atoms with E-state index in [4.69, 9.17) is 0 Å². The summed E-state index contributed by atoms with van der Waals surface area (Å²) in [5.41, 5.74) is 0.759. The molecule has 0 aromatic carbocycles. The lowest BCUT2D eigenvalue weighted by molar-refractivity contribution is 0.0518. The minimum atomic E-state index is -0.207. The number of hydrogen-bond acceptors (Lipinski definition) is 2. The van der Waals surface area contributed by atoms with Crippen molar-refractivity contribution in [2.45, 2.75) is 66.8 Å². The molecule has 1 saturated heterocycles. The van der Waals surface area contributed by atoms with Crippen LogP contribution in [0.15, 0.2) is 0 Å². The van der Waals surface area contributed by atoms with E-state index in [0.29, 0.717) is 10.8 Å². The van der Waals surface area contributed by atoms with Crippen molar-refractivity contribution in [2.24, 2.45) is 10.8 Å². The van der Waals surface area contributed by atoms with Crippen LogP contribution in [0.1, 0.15) is 60.8 Å². The molecule has 21 heavy (non-hydrogen) atoms. The molecule has 0 N–H and O–H groups in total. The Kier molecular flexibility index (Phi) is 7.12. The van der Waals surface area contributed by atoms with E-state index in [9.17, 15) is 4.39 Å². The predicted octanol–water partition coefficient (Wildman–Crippen LogP) is 4.20. The van der Waals surface area contributed by atoms with Crippen LogP contribution < -0.4 is 0 Å². The van der Waals surface area contributed by atoms with Crippen molar-refractivity contribution in [1.82, 2.24) is 9.80 Å². The Morgan fingerprint density at radius 2 is 1.52 bits per heavy atom. The minimum Gasteiger partial charge on any atom is -0.300 e. The Labute approximate surface area is 132 Å². The van der Waals surface area contributed by atoms with Gasteiger partial charge in [0.2, 0.25) is 0 Å². The summed E-state index contributed by atoms with van der Waals surface area (Å²) in [5, 5.41) is 0. The zero-order chi connectivity index (χ0) is 16.1. The Bertz CT molecular complexity index is 291. The van der Waals surface area contributed by atoms with Crippen LogP contribution in [0.5, 0.6) is 0 Å². The highest BCUT2D eigenvalue weighted by molar-refractivity contribution is 4.83. The fourth-order valence-electron chi connectivity index (χ4n) is 2.91. The summed E-state index contributed by atoms with van der Waals surface area (Å²) in [6.07, 6.45) is 3.59. The molecule has 0 bridgehead atoms. The Morgan fingerprint density at radius 3 is 2.05 bits per heavy atom. The largest absolute Gasteiger partial charge is 0.300 e. The van der Waals surface area contributed by atoms with E-state index in [2.05, 4.69) is 51.3 Å². The second-order valence-electron chi connectivity index (χ2n) is 9.12. The predicted molar refractivity (Wildman–Crippen MR) is 90.5 cm³/mol. The van der Waals surface area contributed by atoms with Gasteiger partial charge in [-0.25, -0.2) is 4.39 Å². The molecule has 1 unspecified atom stereocenters. The number of piperazine rings is 1. The first kappa shape index (κ1) is 18.9. The van der Waals surface area contributed by atoms with Crippen LogP contribution in [0.25, 0.3) is 0 Å². The average Bonchev–Trinajstić information content (AvgIpc) is 2.35. The third kappa shape index (κ3) is 8.15. The molecule has 0 radical (unpaired) electrons. The molecule has 0 spiro atoms. The van der Waals surface area contributed by atoms with Crippen LogP contribution in [0, 0.1) is 10.8 Å². The van der Waals surface area contributed by atoms with E-state index in [-0.39, 0.29) is 12.7 Å². The van der Waals surface area contributed by atoms with Gasteiger partial charge < -0.3 is 4.90 Å². The van der Waals surface area contributed by atoms with Crippen molar-refractivity contribution in [3.05, 3.63) is 0 Å². The molecule has 0 amide bonds. The van der Waals surface area contributed by atoms with Crippen LogP contribution in [0.4, 0.5) is 4.39 Å². The SMILES string of the molecule is CC(C)(C)CCCN1CCN(CCC(C)(C)C)CC1CF. The van der Waals surface area contributed by atoms with Crippen molar-refractivity contribution < 1.29 is 4.39 Å². The van der Waals surface area contributed by atoms with Crippen molar-refractivity contribution >= 4 is 0 Å². The van der Waals surface area contributed by atoms with Gasteiger partial charge in [0.05, 0.1) is 6.04 Å². The second kappa shape index (κ2) is 7.92. The topological polar surface area (TPSA) is 6.48 Å². The molecule has 3 heteroatoms.